The number of carboxylic acids is 1. The Bertz CT molecular complexity index is 435. The second kappa shape index (κ2) is 14.6. The van der Waals surface area contributed by atoms with Gasteiger partial charge in [0.05, 0.1) is 12.0 Å². The van der Waals surface area contributed by atoms with Crippen molar-refractivity contribution in [3.8, 4) is 0 Å². The summed E-state index contributed by atoms with van der Waals surface area (Å²) in [5.41, 5.74) is 5.92. The number of aliphatic carboxylic acids is 1. The molecule has 0 aliphatic heterocycles. The number of carboxylic acid groups (broad SMARTS) is 1. The fourth-order valence-corrected chi connectivity index (χ4v) is 0.715. The van der Waals surface area contributed by atoms with Gasteiger partial charge in [0.15, 0.2) is 0 Å². The van der Waals surface area contributed by atoms with Gasteiger partial charge in [0.2, 0.25) is 0 Å². The van der Waals surface area contributed by atoms with Crippen molar-refractivity contribution < 1.29 is 40.8 Å². The number of nitrogens with one attached hydrogen (secondary N) is 1. The molecule has 1 aromatic heterocycles. The van der Waals surface area contributed by atoms with Crippen LogP contribution in [0.3, 0.4) is 0 Å². The zero-order valence-corrected chi connectivity index (χ0v) is 11.0. The lowest BCUT2D eigenvalue weighted by Crippen LogP contribution is -2.32. The van der Waals surface area contributed by atoms with Crippen molar-refractivity contribution in [3.63, 3.8) is 0 Å². The highest BCUT2D eigenvalue weighted by Crippen LogP contribution is 1.95. The summed E-state index contributed by atoms with van der Waals surface area (Å²) in [6, 6.07) is -0.863. The van der Waals surface area contributed by atoms with E-state index in [2.05, 4.69) is 9.97 Å². The number of aromatic nitrogens is 2. The Morgan fingerprint density at radius 2 is 1.52 bits per heavy atom. The lowest BCUT2D eigenvalue weighted by atomic mass is 10.2. The monoisotopic (exact) mass is 344 g/mol. The van der Waals surface area contributed by atoms with Crippen LogP contribution in [0.25, 0.3) is 0 Å². The number of nitrogens with two attached hydrogens (primary N) is 1. The van der Waals surface area contributed by atoms with Gasteiger partial charge in [0.25, 0.3) is 15.3 Å². The zero-order valence-electron chi connectivity index (χ0n) is 11.0. The Hall–Kier alpha value is -3.76. The van der Waals surface area contributed by atoms with E-state index in [1.54, 1.807) is 6.20 Å². The Morgan fingerprint density at radius 3 is 1.74 bits per heavy atom. The summed E-state index contributed by atoms with van der Waals surface area (Å²) in [6.07, 6.45) is 3.38. The number of H-pyrrole nitrogens is 1. The van der Waals surface area contributed by atoms with Crippen LogP contribution in [0.2, 0.25) is 0 Å². The maximum absolute atomic E-state index is 10.3. The lowest BCUT2D eigenvalue weighted by molar-refractivity contribution is -0.742. The van der Waals surface area contributed by atoms with Crippen molar-refractivity contribution in [3.05, 3.63) is 48.6 Å². The largest absolute Gasteiger partial charge is 0.480 e. The summed E-state index contributed by atoms with van der Waals surface area (Å²) in [5, 5.41) is 49.3. The topological polar surface area (TPSA) is 282 Å². The molecule has 0 spiro atoms. The molecular formula is C6H12N6O11. The minimum Gasteiger partial charge on any atom is -0.480 e. The molecule has 0 aromatic carbocycles. The highest BCUT2D eigenvalue weighted by molar-refractivity contribution is 5.73. The molecule has 17 nitrogen and oxygen atoms in total. The molecule has 0 saturated heterocycles. The van der Waals surface area contributed by atoms with Gasteiger partial charge in [-0.25, -0.2) is 4.98 Å². The molecule has 7 N–H and O–H groups in total. The smallest absolute Gasteiger partial charge is 0.320 e. The quantitative estimate of drug-likeness (QED) is 0.264. The fourth-order valence-electron chi connectivity index (χ4n) is 0.715. The van der Waals surface area contributed by atoms with Crippen molar-refractivity contribution in [2.24, 2.45) is 5.73 Å². The molecule has 0 amide bonds. The lowest BCUT2D eigenvalue weighted by Gasteiger charge is -2.01. The third-order valence-electron chi connectivity index (χ3n) is 1.30. The highest BCUT2D eigenvalue weighted by atomic mass is 16.9. The van der Waals surface area contributed by atoms with Gasteiger partial charge >= 0.3 is 5.97 Å². The Morgan fingerprint density at radius 1 is 1.17 bits per heavy atom. The first kappa shape index (κ1) is 24.3. The first-order valence-corrected chi connectivity index (χ1v) is 4.85. The summed E-state index contributed by atoms with van der Waals surface area (Å²) in [4.78, 5) is 41.9. The van der Waals surface area contributed by atoms with E-state index in [-0.39, 0.29) is 6.42 Å². The Balaban J connectivity index is -0.000000278. The van der Waals surface area contributed by atoms with Gasteiger partial charge in [-0.1, -0.05) is 0 Å². The summed E-state index contributed by atoms with van der Waals surface area (Å²) in [5.74, 6) is -1.01. The summed E-state index contributed by atoms with van der Waals surface area (Å²) in [7, 11) is 0. The number of nitrogens with zero attached hydrogens (tertiary/aromatic N) is 4. The highest BCUT2D eigenvalue weighted by Gasteiger charge is 2.12. The molecule has 1 rings (SSSR count). The van der Waals surface area contributed by atoms with Gasteiger partial charge in [-0.2, -0.15) is 0 Å². The number of hydrogen-bond donors (Lipinski definition) is 6. The molecule has 0 radical (unpaired) electrons. The van der Waals surface area contributed by atoms with E-state index in [9.17, 15) is 4.79 Å². The molecule has 0 aliphatic rings. The first-order chi connectivity index (χ1) is 10.4. The average Bonchev–Trinajstić information content (AvgIpc) is 2.79. The second-order valence-corrected chi connectivity index (χ2v) is 2.92. The van der Waals surface area contributed by atoms with E-state index in [0.29, 0.717) is 5.69 Å². The van der Waals surface area contributed by atoms with Gasteiger partial charge in [-0.15, -0.1) is 30.3 Å². The van der Waals surface area contributed by atoms with Crippen LogP contribution in [0, 0.1) is 30.3 Å². The summed E-state index contributed by atoms with van der Waals surface area (Å²) >= 11 is 0. The third kappa shape index (κ3) is 38.1. The molecular weight excluding hydrogens is 332 g/mol. The van der Waals surface area contributed by atoms with E-state index < -0.39 is 27.3 Å². The van der Waals surface area contributed by atoms with E-state index in [1.807, 2.05) is 0 Å². The van der Waals surface area contributed by atoms with Crippen LogP contribution in [0.4, 0.5) is 0 Å². The van der Waals surface area contributed by atoms with Crippen LogP contribution in [-0.2, 0) is 11.2 Å². The van der Waals surface area contributed by atoms with Gasteiger partial charge in [0, 0.05) is 12.6 Å². The molecule has 1 heterocycles. The average molecular weight is 344 g/mol. The summed E-state index contributed by atoms with van der Waals surface area (Å²) < 4.78 is 0. The molecule has 0 aliphatic carbocycles. The minimum atomic E-state index is -1.50. The number of hydrogen-bond acceptors (Lipinski definition) is 9. The van der Waals surface area contributed by atoms with E-state index in [0.717, 1.165) is 0 Å². The van der Waals surface area contributed by atoms with Crippen molar-refractivity contribution in [2.75, 3.05) is 0 Å². The van der Waals surface area contributed by atoms with Crippen molar-refractivity contribution in [1.82, 2.24) is 9.97 Å². The molecule has 0 saturated carbocycles. The molecule has 1 aromatic rings. The maximum atomic E-state index is 10.3. The van der Waals surface area contributed by atoms with E-state index >= 15 is 0 Å². The fraction of sp³-hybridized carbons (Fsp3) is 0.333. The van der Waals surface area contributed by atoms with Crippen LogP contribution < -0.4 is 5.73 Å². The zero-order chi connectivity index (χ0) is 19.0. The predicted octanol–water partition coefficient (Wildman–Crippen LogP) is -1.68. The number of imidazole rings is 1. The van der Waals surface area contributed by atoms with E-state index in [4.69, 9.17) is 56.8 Å². The van der Waals surface area contributed by atoms with Crippen LogP contribution in [0.15, 0.2) is 12.5 Å². The molecule has 0 bridgehead atoms. The first-order valence-electron chi connectivity index (χ1n) is 4.85. The number of carbonyl (C=O) groups is 1. The number of rotatable bonds is 3. The molecule has 1 unspecified atom stereocenters. The second-order valence-electron chi connectivity index (χ2n) is 2.92. The van der Waals surface area contributed by atoms with Crippen LogP contribution in [0.5, 0.6) is 0 Å². The minimum absolute atomic E-state index is 0.263. The van der Waals surface area contributed by atoms with Crippen LogP contribution in [0.1, 0.15) is 5.69 Å². The van der Waals surface area contributed by atoms with Crippen molar-refractivity contribution in [2.45, 2.75) is 12.5 Å². The third-order valence-corrected chi connectivity index (χ3v) is 1.30. The predicted molar refractivity (Wildman–Crippen MR) is 64.2 cm³/mol. The summed E-state index contributed by atoms with van der Waals surface area (Å²) in [6.45, 7) is 0. The molecule has 1 atom stereocenters. The Kier molecular flexibility index (Phi) is 15.5. The normalized spacial score (nSPS) is 9.26. The molecule has 23 heavy (non-hydrogen) atoms. The maximum Gasteiger partial charge on any atom is 0.320 e. The van der Waals surface area contributed by atoms with Gasteiger partial charge in [-0.3, -0.25) is 4.79 Å². The SMILES string of the molecule is NC(Cc1c[nH]cn1)C(=O)O.O=[N+]([O-])O.O=[N+]([O-])O.O=[N+]([O-])O. The number of aromatic amines is 1. The van der Waals surface area contributed by atoms with Gasteiger partial charge in [0.1, 0.15) is 6.04 Å². The standard InChI is InChI=1S/C6H9N3O2.3HNO3/c7-5(6(10)11)1-4-2-8-3-9-4;3*2-1(3)4/h2-3,5H,1,7H2,(H,8,9)(H,10,11);3*(H,2,3,4). The van der Waals surface area contributed by atoms with Crippen molar-refractivity contribution >= 4 is 5.97 Å². The van der Waals surface area contributed by atoms with E-state index in [1.165, 1.54) is 6.33 Å². The molecule has 132 valence electrons. The molecule has 0 fully saturated rings. The Labute approximate surface area is 124 Å². The van der Waals surface area contributed by atoms with Crippen molar-refractivity contribution in [1.29, 1.82) is 0 Å². The van der Waals surface area contributed by atoms with Crippen LogP contribution in [-0.4, -0.2) is 58.0 Å². The van der Waals surface area contributed by atoms with Gasteiger partial charge < -0.3 is 31.4 Å². The molecule has 17 heteroatoms. The van der Waals surface area contributed by atoms with Crippen LogP contribution >= 0.6 is 0 Å². The van der Waals surface area contributed by atoms with Gasteiger partial charge in [-0.05, 0) is 0 Å².